The molecule has 0 saturated heterocycles. The van der Waals surface area contributed by atoms with Crippen molar-refractivity contribution in [3.05, 3.63) is 36.5 Å². The molecule has 6 nitrogen and oxygen atoms in total. The molecule has 23 heavy (non-hydrogen) atoms. The molecule has 1 saturated carbocycles. The highest BCUT2D eigenvalue weighted by Gasteiger charge is 2.27. The molecule has 1 aromatic carbocycles. The number of phenols is 1. The Hall–Kier alpha value is -2.76. The summed E-state index contributed by atoms with van der Waals surface area (Å²) in [5.41, 5.74) is 2.55. The third kappa shape index (κ3) is 2.36. The van der Waals surface area contributed by atoms with Gasteiger partial charge in [-0.3, -0.25) is 0 Å². The van der Waals surface area contributed by atoms with Crippen molar-refractivity contribution in [2.24, 2.45) is 0 Å². The molecule has 118 valence electrons. The van der Waals surface area contributed by atoms with Crippen LogP contribution in [0.2, 0.25) is 0 Å². The summed E-state index contributed by atoms with van der Waals surface area (Å²) in [5, 5.41) is 14.5. The molecule has 0 atom stereocenters. The van der Waals surface area contributed by atoms with Crippen molar-refractivity contribution in [3.63, 3.8) is 0 Å². The number of methoxy groups -OCH3 is 1. The zero-order valence-corrected chi connectivity index (χ0v) is 13.1. The summed E-state index contributed by atoms with van der Waals surface area (Å²) >= 11 is 0. The number of anilines is 1. The van der Waals surface area contributed by atoms with Gasteiger partial charge in [0.2, 0.25) is 0 Å². The van der Waals surface area contributed by atoms with Gasteiger partial charge in [0.1, 0.15) is 5.82 Å². The van der Waals surface area contributed by atoms with E-state index in [9.17, 15) is 5.11 Å². The van der Waals surface area contributed by atoms with Gasteiger partial charge in [0.05, 0.1) is 19.0 Å². The minimum atomic E-state index is 0.118. The van der Waals surface area contributed by atoms with E-state index in [1.807, 2.05) is 22.7 Å². The topological polar surface area (TPSA) is 62.9 Å². The molecule has 0 unspecified atom stereocenters. The maximum absolute atomic E-state index is 9.76. The number of hydrogen-bond acceptors (Lipinski definition) is 5. The molecule has 0 aliphatic heterocycles. The number of benzene rings is 1. The van der Waals surface area contributed by atoms with Crippen LogP contribution < -0.4 is 9.64 Å². The molecule has 0 amide bonds. The minimum Gasteiger partial charge on any atom is -0.504 e. The fourth-order valence-electron chi connectivity index (χ4n) is 2.73. The molecule has 0 spiro atoms. The van der Waals surface area contributed by atoms with Crippen LogP contribution in [0.15, 0.2) is 36.5 Å². The van der Waals surface area contributed by atoms with E-state index in [0.29, 0.717) is 11.8 Å². The van der Waals surface area contributed by atoms with Crippen molar-refractivity contribution in [2.75, 3.05) is 19.1 Å². The van der Waals surface area contributed by atoms with E-state index in [1.54, 1.807) is 18.3 Å². The normalized spacial score (nSPS) is 14.2. The molecule has 4 rings (SSSR count). The molecule has 0 radical (unpaired) electrons. The van der Waals surface area contributed by atoms with Gasteiger partial charge < -0.3 is 14.7 Å². The van der Waals surface area contributed by atoms with E-state index in [2.05, 4.69) is 16.9 Å². The first-order chi connectivity index (χ1) is 11.2. The third-order valence-corrected chi connectivity index (χ3v) is 4.28. The first kappa shape index (κ1) is 13.9. The predicted molar refractivity (Wildman–Crippen MR) is 88.1 cm³/mol. The summed E-state index contributed by atoms with van der Waals surface area (Å²) in [6, 6.07) is 9.82. The number of phenolic OH excluding ortho intramolecular Hbond substituents is 1. The van der Waals surface area contributed by atoms with Crippen LogP contribution in [-0.2, 0) is 0 Å². The smallest absolute Gasteiger partial charge is 0.161 e. The fraction of sp³-hybridized carbons (Fsp3) is 0.294. The number of fused-ring (bicyclic) bond motifs is 1. The van der Waals surface area contributed by atoms with E-state index in [0.717, 1.165) is 22.7 Å². The first-order valence-corrected chi connectivity index (χ1v) is 7.62. The summed E-state index contributed by atoms with van der Waals surface area (Å²) in [7, 11) is 3.61. The largest absolute Gasteiger partial charge is 0.504 e. The highest BCUT2D eigenvalue weighted by molar-refractivity contribution is 5.67. The monoisotopic (exact) mass is 310 g/mol. The van der Waals surface area contributed by atoms with Crippen LogP contribution in [0.25, 0.3) is 16.9 Å². The van der Waals surface area contributed by atoms with Gasteiger partial charge in [-0.1, -0.05) is 0 Å². The second-order valence-corrected chi connectivity index (χ2v) is 5.83. The van der Waals surface area contributed by atoms with Gasteiger partial charge in [-0.05, 0) is 43.2 Å². The van der Waals surface area contributed by atoms with Gasteiger partial charge in [0, 0.05) is 18.7 Å². The van der Waals surface area contributed by atoms with Crippen LogP contribution in [0.4, 0.5) is 5.82 Å². The number of hydrogen-bond donors (Lipinski definition) is 1. The van der Waals surface area contributed by atoms with Crippen molar-refractivity contribution in [1.82, 2.24) is 14.6 Å². The van der Waals surface area contributed by atoms with Crippen molar-refractivity contribution < 1.29 is 9.84 Å². The molecule has 2 aromatic heterocycles. The molecule has 1 N–H and O–H groups in total. The number of ether oxygens (including phenoxy) is 1. The van der Waals surface area contributed by atoms with Crippen LogP contribution in [-0.4, -0.2) is 39.9 Å². The Morgan fingerprint density at radius 1 is 1.26 bits per heavy atom. The number of aromatic nitrogens is 3. The lowest BCUT2D eigenvalue weighted by Crippen LogP contribution is -2.21. The lowest BCUT2D eigenvalue weighted by atomic mass is 10.1. The van der Waals surface area contributed by atoms with Crippen molar-refractivity contribution in [2.45, 2.75) is 18.9 Å². The SMILES string of the molecule is COc1cc(-c2cnc3ccc(N(C)C4CC4)nn23)ccc1O. The van der Waals surface area contributed by atoms with E-state index < -0.39 is 0 Å². The summed E-state index contributed by atoms with van der Waals surface area (Å²) in [5.74, 6) is 1.49. The summed E-state index contributed by atoms with van der Waals surface area (Å²) in [6.07, 6.45) is 4.24. The van der Waals surface area contributed by atoms with Crippen LogP contribution in [0, 0.1) is 0 Å². The summed E-state index contributed by atoms with van der Waals surface area (Å²) in [6.45, 7) is 0. The Balaban J connectivity index is 1.81. The second-order valence-electron chi connectivity index (χ2n) is 5.83. The number of rotatable bonds is 4. The Morgan fingerprint density at radius 3 is 2.83 bits per heavy atom. The molecule has 1 aliphatic rings. The molecule has 1 aliphatic carbocycles. The highest BCUT2D eigenvalue weighted by atomic mass is 16.5. The molecule has 0 bridgehead atoms. The van der Waals surface area contributed by atoms with E-state index in [-0.39, 0.29) is 5.75 Å². The first-order valence-electron chi connectivity index (χ1n) is 7.62. The zero-order chi connectivity index (χ0) is 16.0. The standard InChI is InChI=1S/C17H18N4O2/c1-20(12-4-5-12)17-8-7-16-18-10-13(21(16)19-17)11-3-6-14(22)15(9-11)23-2/h3,6-10,12,22H,4-5H2,1-2H3. The molecule has 1 fully saturated rings. The van der Waals surface area contributed by atoms with Crippen molar-refractivity contribution >= 4 is 11.5 Å². The van der Waals surface area contributed by atoms with Gasteiger partial charge in [-0.15, -0.1) is 5.10 Å². The van der Waals surface area contributed by atoms with Crippen molar-refractivity contribution in [3.8, 4) is 22.8 Å². The molecule has 6 heteroatoms. The van der Waals surface area contributed by atoms with Crippen molar-refractivity contribution in [1.29, 1.82) is 0 Å². The average molecular weight is 310 g/mol. The van der Waals surface area contributed by atoms with Crippen LogP contribution in [0.1, 0.15) is 12.8 Å². The van der Waals surface area contributed by atoms with E-state index >= 15 is 0 Å². The van der Waals surface area contributed by atoms with Crippen LogP contribution in [0.5, 0.6) is 11.5 Å². The Bertz CT molecular complexity index is 870. The second kappa shape index (κ2) is 5.15. The maximum Gasteiger partial charge on any atom is 0.161 e. The molecule has 2 heterocycles. The van der Waals surface area contributed by atoms with Gasteiger partial charge in [0.25, 0.3) is 0 Å². The van der Waals surface area contributed by atoms with Crippen LogP contribution in [0.3, 0.4) is 0 Å². The third-order valence-electron chi connectivity index (χ3n) is 4.28. The minimum absolute atomic E-state index is 0.118. The molecular weight excluding hydrogens is 292 g/mol. The van der Waals surface area contributed by atoms with E-state index in [1.165, 1.54) is 20.0 Å². The van der Waals surface area contributed by atoms with E-state index in [4.69, 9.17) is 9.84 Å². The Kier molecular flexibility index (Phi) is 3.11. The van der Waals surface area contributed by atoms with Gasteiger partial charge in [-0.25, -0.2) is 9.50 Å². The predicted octanol–water partition coefficient (Wildman–Crippen LogP) is 2.71. The Labute approximate surface area is 134 Å². The summed E-state index contributed by atoms with van der Waals surface area (Å²) in [4.78, 5) is 6.62. The lowest BCUT2D eigenvalue weighted by molar-refractivity contribution is 0.373. The quantitative estimate of drug-likeness (QED) is 0.803. The fourth-order valence-corrected chi connectivity index (χ4v) is 2.73. The molecular formula is C17H18N4O2. The van der Waals surface area contributed by atoms with Crippen LogP contribution >= 0.6 is 0 Å². The van der Waals surface area contributed by atoms with Gasteiger partial charge in [0.15, 0.2) is 17.1 Å². The van der Waals surface area contributed by atoms with Gasteiger partial charge >= 0.3 is 0 Å². The summed E-state index contributed by atoms with van der Waals surface area (Å²) < 4.78 is 7.02. The Morgan fingerprint density at radius 2 is 2.09 bits per heavy atom. The average Bonchev–Trinajstić information content (AvgIpc) is 3.34. The number of aromatic hydroxyl groups is 1. The maximum atomic E-state index is 9.76. The number of nitrogens with zero attached hydrogens (tertiary/aromatic N) is 4. The lowest BCUT2D eigenvalue weighted by Gasteiger charge is -2.17. The molecule has 3 aromatic rings. The van der Waals surface area contributed by atoms with Gasteiger partial charge in [-0.2, -0.15) is 0 Å². The zero-order valence-electron chi connectivity index (χ0n) is 13.1. The highest BCUT2D eigenvalue weighted by Crippen LogP contribution is 2.32. The number of imidazole rings is 1.